The van der Waals surface area contributed by atoms with Gasteiger partial charge in [0.25, 0.3) is 0 Å². The van der Waals surface area contributed by atoms with E-state index >= 15 is 0 Å². The van der Waals surface area contributed by atoms with Crippen LogP contribution in [-0.4, -0.2) is 20.9 Å². The number of nitrogens with two attached hydrogens (primary N) is 1. The van der Waals surface area contributed by atoms with E-state index in [1.165, 1.54) is 0 Å². The van der Waals surface area contributed by atoms with Crippen molar-refractivity contribution in [2.75, 3.05) is 11.1 Å². The Balaban J connectivity index is 2.92. The second-order valence-electron chi connectivity index (χ2n) is 3.55. The van der Waals surface area contributed by atoms with Crippen LogP contribution in [-0.2, 0) is 0 Å². The molecule has 1 atom stereocenters. The molecule has 1 heterocycles. The van der Waals surface area contributed by atoms with E-state index < -0.39 is 4.92 Å². The van der Waals surface area contributed by atoms with Crippen LogP contribution in [0.25, 0.3) is 0 Å². The minimum Gasteiger partial charge on any atom is -0.368 e. The van der Waals surface area contributed by atoms with Gasteiger partial charge in [-0.2, -0.15) is 4.98 Å². The van der Waals surface area contributed by atoms with Crippen LogP contribution in [0, 0.1) is 10.1 Å². The van der Waals surface area contributed by atoms with Gasteiger partial charge in [0, 0.05) is 6.04 Å². The highest BCUT2D eigenvalue weighted by molar-refractivity contribution is 5.56. The predicted molar refractivity (Wildman–Crippen MR) is 61.1 cm³/mol. The smallest absolute Gasteiger partial charge is 0.329 e. The molecule has 88 valence electrons. The lowest BCUT2D eigenvalue weighted by Gasteiger charge is -2.13. The van der Waals surface area contributed by atoms with E-state index in [0.717, 1.165) is 19.0 Å². The Morgan fingerprint density at radius 3 is 2.94 bits per heavy atom. The van der Waals surface area contributed by atoms with Crippen LogP contribution in [0.5, 0.6) is 0 Å². The molecule has 0 aromatic carbocycles. The van der Waals surface area contributed by atoms with E-state index in [4.69, 9.17) is 5.73 Å². The Kier molecular flexibility index (Phi) is 3.98. The summed E-state index contributed by atoms with van der Waals surface area (Å²) in [5, 5.41) is 13.7. The van der Waals surface area contributed by atoms with Gasteiger partial charge in [-0.1, -0.05) is 13.3 Å². The summed E-state index contributed by atoms with van der Waals surface area (Å²) in [6.07, 6.45) is 3.01. The van der Waals surface area contributed by atoms with E-state index in [1.807, 2.05) is 13.8 Å². The molecule has 0 spiro atoms. The van der Waals surface area contributed by atoms with Crippen LogP contribution in [0.2, 0.25) is 0 Å². The highest BCUT2D eigenvalue weighted by Crippen LogP contribution is 2.22. The van der Waals surface area contributed by atoms with Gasteiger partial charge in [-0.15, -0.1) is 0 Å². The summed E-state index contributed by atoms with van der Waals surface area (Å²) in [6, 6.07) is 0.109. The number of nitro groups is 1. The molecule has 0 bridgehead atoms. The molecule has 16 heavy (non-hydrogen) atoms. The van der Waals surface area contributed by atoms with E-state index in [2.05, 4.69) is 15.3 Å². The van der Waals surface area contributed by atoms with Gasteiger partial charge in [-0.3, -0.25) is 10.1 Å². The van der Waals surface area contributed by atoms with Crippen LogP contribution in [0.4, 0.5) is 17.5 Å². The van der Waals surface area contributed by atoms with E-state index in [1.54, 1.807) is 0 Å². The molecular formula is C9H15N5O2. The van der Waals surface area contributed by atoms with Crippen molar-refractivity contribution in [3.63, 3.8) is 0 Å². The van der Waals surface area contributed by atoms with Gasteiger partial charge in [0.15, 0.2) is 0 Å². The Morgan fingerprint density at radius 2 is 2.38 bits per heavy atom. The standard InChI is InChI=1S/C9H15N5O2/c1-3-4-6(2)12-8-7(14(15)16)5-11-9(10)13-8/h5-6H,3-4H2,1-2H3,(H3,10,11,12,13). The first kappa shape index (κ1) is 12.2. The Bertz CT molecular complexity index is 382. The zero-order chi connectivity index (χ0) is 12.1. The minimum absolute atomic E-state index is 0.0248. The largest absolute Gasteiger partial charge is 0.368 e. The summed E-state index contributed by atoms with van der Waals surface area (Å²) in [5.74, 6) is 0.204. The molecule has 0 radical (unpaired) electrons. The fourth-order valence-corrected chi connectivity index (χ4v) is 1.37. The first-order chi connectivity index (χ1) is 7.54. The molecule has 0 aliphatic carbocycles. The van der Waals surface area contributed by atoms with E-state index in [0.29, 0.717) is 0 Å². The SMILES string of the molecule is CCCC(C)Nc1nc(N)ncc1[N+](=O)[O-]. The van der Waals surface area contributed by atoms with Gasteiger partial charge in [-0.25, -0.2) is 4.98 Å². The van der Waals surface area contributed by atoms with Crippen molar-refractivity contribution in [2.24, 2.45) is 0 Å². The number of nitrogens with one attached hydrogen (secondary N) is 1. The van der Waals surface area contributed by atoms with Crippen molar-refractivity contribution in [2.45, 2.75) is 32.7 Å². The molecule has 3 N–H and O–H groups in total. The lowest BCUT2D eigenvalue weighted by atomic mass is 10.2. The van der Waals surface area contributed by atoms with Crippen molar-refractivity contribution in [1.82, 2.24) is 9.97 Å². The fourth-order valence-electron chi connectivity index (χ4n) is 1.37. The predicted octanol–water partition coefficient (Wildman–Crippen LogP) is 1.57. The molecular weight excluding hydrogens is 210 g/mol. The summed E-state index contributed by atoms with van der Waals surface area (Å²) in [4.78, 5) is 17.6. The molecule has 1 aromatic rings. The molecule has 0 saturated heterocycles. The average Bonchev–Trinajstić information content (AvgIpc) is 2.17. The second kappa shape index (κ2) is 5.24. The number of hydrogen-bond acceptors (Lipinski definition) is 6. The van der Waals surface area contributed by atoms with Gasteiger partial charge in [-0.05, 0) is 13.3 Å². The molecule has 1 rings (SSSR count). The quantitative estimate of drug-likeness (QED) is 0.581. The first-order valence-corrected chi connectivity index (χ1v) is 5.08. The summed E-state index contributed by atoms with van der Waals surface area (Å²) >= 11 is 0. The maximum atomic E-state index is 10.7. The normalized spacial score (nSPS) is 12.1. The van der Waals surface area contributed by atoms with Crippen LogP contribution >= 0.6 is 0 Å². The first-order valence-electron chi connectivity index (χ1n) is 5.08. The average molecular weight is 225 g/mol. The van der Waals surface area contributed by atoms with Crippen molar-refractivity contribution >= 4 is 17.5 Å². The van der Waals surface area contributed by atoms with Crippen LogP contribution in [0.3, 0.4) is 0 Å². The molecule has 0 saturated carbocycles. The number of anilines is 2. The maximum Gasteiger partial charge on any atom is 0.329 e. The summed E-state index contributed by atoms with van der Waals surface area (Å²) in [7, 11) is 0. The highest BCUT2D eigenvalue weighted by atomic mass is 16.6. The topological polar surface area (TPSA) is 107 Å². The third-order valence-electron chi connectivity index (χ3n) is 2.09. The third kappa shape index (κ3) is 3.04. The summed E-state index contributed by atoms with van der Waals surface area (Å²) in [5.41, 5.74) is 5.24. The van der Waals surface area contributed by atoms with Crippen LogP contribution in [0.15, 0.2) is 6.20 Å². The van der Waals surface area contributed by atoms with Crippen molar-refractivity contribution in [3.8, 4) is 0 Å². The zero-order valence-corrected chi connectivity index (χ0v) is 9.30. The monoisotopic (exact) mass is 225 g/mol. The van der Waals surface area contributed by atoms with E-state index in [9.17, 15) is 10.1 Å². The van der Waals surface area contributed by atoms with Crippen molar-refractivity contribution in [3.05, 3.63) is 16.3 Å². The zero-order valence-electron chi connectivity index (χ0n) is 9.30. The lowest BCUT2D eigenvalue weighted by Crippen LogP contribution is -2.17. The molecule has 0 amide bonds. The van der Waals surface area contributed by atoms with Crippen LogP contribution < -0.4 is 11.1 Å². The molecule has 7 nitrogen and oxygen atoms in total. The lowest BCUT2D eigenvalue weighted by molar-refractivity contribution is -0.384. The second-order valence-corrected chi connectivity index (χ2v) is 3.55. The molecule has 1 aromatic heterocycles. The molecule has 0 aliphatic heterocycles. The fraction of sp³-hybridized carbons (Fsp3) is 0.556. The molecule has 0 aliphatic rings. The third-order valence-corrected chi connectivity index (χ3v) is 2.09. The molecule has 0 fully saturated rings. The number of nitrogen functional groups attached to an aromatic ring is 1. The Hall–Kier alpha value is -1.92. The van der Waals surface area contributed by atoms with Crippen LogP contribution in [0.1, 0.15) is 26.7 Å². The van der Waals surface area contributed by atoms with Gasteiger partial charge in [0.1, 0.15) is 6.20 Å². The minimum atomic E-state index is -0.527. The molecule has 1 unspecified atom stereocenters. The van der Waals surface area contributed by atoms with Gasteiger partial charge >= 0.3 is 5.69 Å². The number of rotatable bonds is 5. The number of hydrogen-bond donors (Lipinski definition) is 2. The number of nitrogens with zero attached hydrogens (tertiary/aromatic N) is 3. The maximum absolute atomic E-state index is 10.7. The van der Waals surface area contributed by atoms with Gasteiger partial charge < -0.3 is 11.1 Å². The Labute approximate surface area is 93.2 Å². The van der Waals surface area contributed by atoms with E-state index in [-0.39, 0.29) is 23.5 Å². The summed E-state index contributed by atoms with van der Waals surface area (Å²) < 4.78 is 0. The summed E-state index contributed by atoms with van der Waals surface area (Å²) in [6.45, 7) is 3.98. The van der Waals surface area contributed by atoms with Gasteiger partial charge in [0.2, 0.25) is 11.8 Å². The Morgan fingerprint density at radius 1 is 1.69 bits per heavy atom. The van der Waals surface area contributed by atoms with Gasteiger partial charge in [0.05, 0.1) is 4.92 Å². The highest BCUT2D eigenvalue weighted by Gasteiger charge is 2.17. The molecule has 7 heteroatoms. The van der Waals surface area contributed by atoms with Crippen molar-refractivity contribution < 1.29 is 4.92 Å². The van der Waals surface area contributed by atoms with Crippen molar-refractivity contribution in [1.29, 1.82) is 0 Å². The number of aromatic nitrogens is 2.